The molecule has 6 heteroatoms. The van der Waals surface area contributed by atoms with Gasteiger partial charge in [-0.1, -0.05) is 27.5 Å². The lowest BCUT2D eigenvalue weighted by atomic mass is 10.2. The molecule has 1 aromatic heterocycles. The van der Waals surface area contributed by atoms with Gasteiger partial charge in [0.15, 0.2) is 0 Å². The van der Waals surface area contributed by atoms with Crippen molar-refractivity contribution in [2.45, 2.75) is 25.4 Å². The molecule has 2 aromatic rings. The summed E-state index contributed by atoms with van der Waals surface area (Å²) in [6.45, 7) is 1.43. The minimum Gasteiger partial charge on any atom is -0.378 e. The van der Waals surface area contributed by atoms with Crippen LogP contribution in [0.25, 0.3) is 10.9 Å². The van der Waals surface area contributed by atoms with E-state index in [2.05, 4.69) is 26.2 Å². The molecule has 2 N–H and O–H groups in total. The van der Waals surface area contributed by atoms with Crippen LogP contribution in [-0.2, 0) is 4.74 Å². The number of hydrogen-bond acceptors (Lipinski definition) is 2. The van der Waals surface area contributed by atoms with Crippen molar-refractivity contribution in [2.24, 2.45) is 0 Å². The summed E-state index contributed by atoms with van der Waals surface area (Å²) in [7, 11) is 0. The summed E-state index contributed by atoms with van der Waals surface area (Å²) in [6, 6.07) is 5.71. The largest absolute Gasteiger partial charge is 0.378 e. The third-order valence-corrected chi connectivity index (χ3v) is 4.59. The fourth-order valence-corrected chi connectivity index (χ4v) is 3.25. The number of rotatable bonds is 4. The second kappa shape index (κ2) is 6.38. The number of benzene rings is 1. The molecule has 0 radical (unpaired) electrons. The number of hydrogen-bond donors (Lipinski definition) is 2. The zero-order valence-electron chi connectivity index (χ0n) is 11.4. The second-order valence-electron chi connectivity index (χ2n) is 5.18. The van der Waals surface area contributed by atoms with Crippen LogP contribution < -0.4 is 5.32 Å². The zero-order valence-corrected chi connectivity index (χ0v) is 13.8. The third kappa shape index (κ3) is 3.25. The van der Waals surface area contributed by atoms with E-state index in [-0.39, 0.29) is 12.0 Å². The van der Waals surface area contributed by atoms with E-state index in [0.717, 1.165) is 41.2 Å². The van der Waals surface area contributed by atoms with E-state index in [0.29, 0.717) is 17.3 Å². The number of H-pyrrole nitrogens is 1. The van der Waals surface area contributed by atoms with Gasteiger partial charge in [0.1, 0.15) is 5.69 Å². The fourth-order valence-electron chi connectivity index (χ4n) is 2.59. The Morgan fingerprint density at radius 3 is 3.14 bits per heavy atom. The first-order valence-electron chi connectivity index (χ1n) is 7.01. The van der Waals surface area contributed by atoms with E-state index in [1.807, 2.05) is 18.2 Å². The zero-order chi connectivity index (χ0) is 14.8. The van der Waals surface area contributed by atoms with Crippen molar-refractivity contribution in [3.05, 3.63) is 33.4 Å². The normalized spacial score (nSPS) is 18.3. The number of amides is 1. The van der Waals surface area contributed by atoms with Crippen LogP contribution in [-0.4, -0.2) is 30.1 Å². The standard InChI is InChI=1S/C15H16BrClN2O2/c16-9-3-4-12-11(8-9)13(17)14(19-12)15(20)18-6-5-10-2-1-7-21-10/h3-4,8,10,19H,1-2,5-7H2,(H,18,20)/t10-/m0/s1. The van der Waals surface area contributed by atoms with Gasteiger partial charge >= 0.3 is 0 Å². The van der Waals surface area contributed by atoms with Gasteiger partial charge in [-0.2, -0.15) is 0 Å². The Morgan fingerprint density at radius 1 is 1.52 bits per heavy atom. The first kappa shape index (κ1) is 14.9. The van der Waals surface area contributed by atoms with Gasteiger partial charge in [-0.15, -0.1) is 0 Å². The number of aromatic nitrogens is 1. The molecule has 1 aliphatic heterocycles. The quantitative estimate of drug-likeness (QED) is 0.857. The molecule has 1 saturated heterocycles. The van der Waals surface area contributed by atoms with E-state index in [9.17, 15) is 4.79 Å². The van der Waals surface area contributed by atoms with Crippen LogP contribution in [0.1, 0.15) is 29.8 Å². The van der Waals surface area contributed by atoms with Gasteiger partial charge in [0, 0.05) is 28.5 Å². The Kier molecular flexibility index (Phi) is 4.52. The Balaban J connectivity index is 1.67. The molecule has 21 heavy (non-hydrogen) atoms. The van der Waals surface area contributed by atoms with Gasteiger partial charge in [-0.3, -0.25) is 4.79 Å². The van der Waals surface area contributed by atoms with Gasteiger partial charge in [-0.05, 0) is 37.5 Å². The van der Waals surface area contributed by atoms with Crippen molar-refractivity contribution in [2.75, 3.05) is 13.2 Å². The smallest absolute Gasteiger partial charge is 0.269 e. The van der Waals surface area contributed by atoms with Gasteiger partial charge in [0.05, 0.1) is 11.1 Å². The van der Waals surface area contributed by atoms with Crippen LogP contribution in [0.15, 0.2) is 22.7 Å². The number of fused-ring (bicyclic) bond motifs is 1. The number of carbonyl (C=O) groups is 1. The number of ether oxygens (including phenoxy) is 1. The van der Waals surface area contributed by atoms with Gasteiger partial charge < -0.3 is 15.0 Å². The molecule has 4 nitrogen and oxygen atoms in total. The summed E-state index contributed by atoms with van der Waals surface area (Å²) < 4.78 is 6.47. The Labute approximate surface area is 136 Å². The maximum atomic E-state index is 12.2. The molecule has 0 spiro atoms. The summed E-state index contributed by atoms with van der Waals surface area (Å²) >= 11 is 9.70. The molecule has 112 valence electrons. The average Bonchev–Trinajstić information content (AvgIpc) is 3.08. The molecule has 3 rings (SSSR count). The van der Waals surface area contributed by atoms with Crippen LogP contribution in [0.3, 0.4) is 0 Å². The summed E-state index contributed by atoms with van der Waals surface area (Å²) in [5.74, 6) is -0.176. The highest BCUT2D eigenvalue weighted by Gasteiger charge is 2.18. The predicted molar refractivity (Wildman–Crippen MR) is 86.9 cm³/mol. The van der Waals surface area contributed by atoms with Crippen LogP contribution >= 0.6 is 27.5 Å². The SMILES string of the molecule is O=C(NCC[C@@H]1CCCO1)c1[nH]c2ccc(Br)cc2c1Cl. The van der Waals surface area contributed by atoms with Crippen molar-refractivity contribution in [1.82, 2.24) is 10.3 Å². The lowest BCUT2D eigenvalue weighted by molar-refractivity contribution is 0.0904. The summed E-state index contributed by atoms with van der Waals surface area (Å²) in [5, 5.41) is 4.20. The molecular formula is C15H16BrClN2O2. The van der Waals surface area contributed by atoms with E-state index in [1.165, 1.54) is 0 Å². The summed E-state index contributed by atoms with van der Waals surface area (Å²) in [4.78, 5) is 15.3. The topological polar surface area (TPSA) is 54.1 Å². The third-order valence-electron chi connectivity index (χ3n) is 3.70. The van der Waals surface area contributed by atoms with Gasteiger partial charge in [0.25, 0.3) is 5.91 Å². The second-order valence-corrected chi connectivity index (χ2v) is 6.48. The van der Waals surface area contributed by atoms with E-state index >= 15 is 0 Å². The first-order chi connectivity index (χ1) is 10.1. The van der Waals surface area contributed by atoms with E-state index in [1.54, 1.807) is 0 Å². The maximum absolute atomic E-state index is 12.2. The Bertz CT molecular complexity index is 665. The number of aromatic amines is 1. The monoisotopic (exact) mass is 370 g/mol. The fraction of sp³-hybridized carbons (Fsp3) is 0.400. The number of nitrogens with one attached hydrogen (secondary N) is 2. The molecule has 1 fully saturated rings. The van der Waals surface area contributed by atoms with E-state index < -0.39 is 0 Å². The highest BCUT2D eigenvalue weighted by molar-refractivity contribution is 9.10. The van der Waals surface area contributed by atoms with Crippen LogP contribution in [0.2, 0.25) is 5.02 Å². The van der Waals surface area contributed by atoms with Crippen molar-refractivity contribution >= 4 is 44.3 Å². The predicted octanol–water partition coefficient (Wildman–Crippen LogP) is 3.88. The Morgan fingerprint density at radius 2 is 2.38 bits per heavy atom. The highest BCUT2D eigenvalue weighted by Crippen LogP contribution is 2.29. The molecule has 0 saturated carbocycles. The lowest BCUT2D eigenvalue weighted by Crippen LogP contribution is -2.27. The average molecular weight is 372 g/mol. The minimum atomic E-state index is -0.176. The molecule has 1 amide bonds. The van der Waals surface area contributed by atoms with E-state index in [4.69, 9.17) is 16.3 Å². The summed E-state index contributed by atoms with van der Waals surface area (Å²) in [5.41, 5.74) is 1.27. The van der Waals surface area contributed by atoms with Crippen LogP contribution in [0, 0.1) is 0 Å². The van der Waals surface area contributed by atoms with Crippen LogP contribution in [0.4, 0.5) is 0 Å². The Hall–Kier alpha value is -1.04. The molecule has 2 heterocycles. The maximum Gasteiger partial charge on any atom is 0.269 e. The van der Waals surface area contributed by atoms with Crippen molar-refractivity contribution in [3.63, 3.8) is 0 Å². The van der Waals surface area contributed by atoms with Crippen LogP contribution in [0.5, 0.6) is 0 Å². The van der Waals surface area contributed by atoms with Crippen molar-refractivity contribution in [1.29, 1.82) is 0 Å². The lowest BCUT2D eigenvalue weighted by Gasteiger charge is -2.09. The molecule has 1 aliphatic rings. The number of carbonyl (C=O) groups excluding carboxylic acids is 1. The van der Waals surface area contributed by atoms with Crippen molar-refractivity contribution < 1.29 is 9.53 Å². The van der Waals surface area contributed by atoms with Gasteiger partial charge in [-0.25, -0.2) is 0 Å². The molecule has 0 unspecified atom stereocenters. The molecule has 1 atom stereocenters. The molecule has 0 aliphatic carbocycles. The molecule has 1 aromatic carbocycles. The molecular weight excluding hydrogens is 356 g/mol. The highest BCUT2D eigenvalue weighted by atomic mass is 79.9. The molecule has 0 bridgehead atoms. The van der Waals surface area contributed by atoms with Crippen molar-refractivity contribution in [3.8, 4) is 0 Å². The summed E-state index contributed by atoms with van der Waals surface area (Å²) in [6.07, 6.45) is 3.31. The number of halogens is 2. The first-order valence-corrected chi connectivity index (χ1v) is 8.19. The van der Waals surface area contributed by atoms with Gasteiger partial charge in [0.2, 0.25) is 0 Å². The minimum absolute atomic E-state index is 0.176.